The van der Waals surface area contributed by atoms with Gasteiger partial charge in [0.2, 0.25) is 5.82 Å². The molecule has 5 rings (SSSR count). The highest BCUT2D eigenvalue weighted by molar-refractivity contribution is 6.32. The molecule has 0 spiro atoms. The Kier molecular flexibility index (Phi) is 14.7. The lowest BCUT2D eigenvalue weighted by molar-refractivity contribution is -0.790. The fourth-order valence-corrected chi connectivity index (χ4v) is 6.00. The van der Waals surface area contributed by atoms with Crippen LogP contribution >= 0.6 is 11.6 Å². The maximum atomic E-state index is 14.1. The molecule has 0 aliphatic heterocycles. The van der Waals surface area contributed by atoms with Crippen LogP contribution in [0.3, 0.4) is 0 Å². The number of unbranched alkanes of at least 4 members (excludes halogenated alkanes) is 1. The van der Waals surface area contributed by atoms with Crippen molar-refractivity contribution in [1.82, 2.24) is 35.5 Å². The third-order valence-electron chi connectivity index (χ3n) is 8.34. The number of rotatable bonds is 22. The number of carbonyl (C=O) groups is 2. The molecule has 19 nitrogen and oxygen atoms in total. The first-order valence-electron chi connectivity index (χ1n) is 17.5. The number of aromatic nitrogens is 6. The third-order valence-corrected chi connectivity index (χ3v) is 8.60. The number of tetrazole rings is 1. The number of esters is 1. The number of aromatic amines is 1. The Morgan fingerprint density at radius 1 is 0.929 bits per heavy atom. The second-order valence-electron chi connectivity index (χ2n) is 12.3. The summed E-state index contributed by atoms with van der Waals surface area (Å²) in [5, 5.41) is 36.1. The lowest BCUT2D eigenvalue weighted by Crippen LogP contribution is -2.44. The van der Waals surface area contributed by atoms with E-state index in [-0.39, 0.29) is 37.0 Å². The standard InChI is InChI=1S/C36H38ClN9O10/c1-2-3-13-31-39-33(37)32(44(31)21-25-14-16-26(17-15-25)28-11-7-8-12-29(28)34-40-42-43-41-34)35(47)38-30(20-24-9-5-4-6-10-24)36(48)54-19-18-53-22-27(56-46(51)52)23-55-45(49)50/h4-12,14-17,27,30H,2-3,13,18-23H2,1H3,(H,38,47)(H,40,41,42,43). The van der Waals surface area contributed by atoms with Crippen molar-refractivity contribution < 1.29 is 38.9 Å². The van der Waals surface area contributed by atoms with Gasteiger partial charge in [0, 0.05) is 24.9 Å². The molecule has 0 fully saturated rings. The molecule has 2 aromatic heterocycles. The number of nitrogens with zero attached hydrogens (tertiary/aromatic N) is 7. The van der Waals surface area contributed by atoms with Gasteiger partial charge < -0.3 is 29.0 Å². The molecule has 2 atom stereocenters. The molecule has 0 saturated heterocycles. The summed E-state index contributed by atoms with van der Waals surface area (Å²) in [6.07, 6.45) is 0.911. The van der Waals surface area contributed by atoms with E-state index in [0.717, 1.165) is 40.7 Å². The number of nitrogens with one attached hydrogen (secondary N) is 2. The quantitative estimate of drug-likeness (QED) is 0.0426. The number of hydrogen-bond donors (Lipinski definition) is 2. The highest BCUT2D eigenvalue weighted by Gasteiger charge is 2.28. The Morgan fingerprint density at radius 2 is 1.66 bits per heavy atom. The first kappa shape index (κ1) is 40.7. The van der Waals surface area contributed by atoms with Crippen LogP contribution in [0.2, 0.25) is 5.15 Å². The van der Waals surface area contributed by atoms with Gasteiger partial charge in [-0.3, -0.25) is 4.79 Å². The van der Waals surface area contributed by atoms with Crippen LogP contribution < -0.4 is 5.32 Å². The van der Waals surface area contributed by atoms with E-state index < -0.39 is 47.4 Å². The van der Waals surface area contributed by atoms with Gasteiger partial charge >= 0.3 is 5.97 Å². The predicted octanol–water partition coefficient (Wildman–Crippen LogP) is 4.46. The van der Waals surface area contributed by atoms with Crippen LogP contribution in [0.4, 0.5) is 0 Å². The van der Waals surface area contributed by atoms with E-state index >= 15 is 0 Å². The zero-order chi connectivity index (χ0) is 39.9. The predicted molar refractivity (Wildman–Crippen MR) is 198 cm³/mol. The van der Waals surface area contributed by atoms with Gasteiger partial charge in [0.1, 0.15) is 30.8 Å². The normalized spacial score (nSPS) is 12.0. The van der Waals surface area contributed by atoms with Crippen molar-refractivity contribution >= 4 is 23.5 Å². The number of ether oxygens (including phenoxy) is 2. The molecule has 2 unspecified atom stereocenters. The monoisotopic (exact) mass is 791 g/mol. The third kappa shape index (κ3) is 11.5. The van der Waals surface area contributed by atoms with E-state index in [1.54, 1.807) is 28.8 Å². The number of hydrogen-bond acceptors (Lipinski definition) is 14. The van der Waals surface area contributed by atoms with Gasteiger partial charge in [-0.15, -0.1) is 30.4 Å². The van der Waals surface area contributed by atoms with Gasteiger partial charge in [0.25, 0.3) is 16.1 Å². The molecule has 2 N–H and O–H groups in total. The van der Waals surface area contributed by atoms with E-state index in [1.807, 2.05) is 61.5 Å². The van der Waals surface area contributed by atoms with Crippen LogP contribution in [0.15, 0.2) is 78.9 Å². The van der Waals surface area contributed by atoms with Gasteiger partial charge in [-0.05, 0) is 33.9 Å². The van der Waals surface area contributed by atoms with Gasteiger partial charge in [0.15, 0.2) is 11.3 Å². The van der Waals surface area contributed by atoms with Crippen LogP contribution in [0.5, 0.6) is 0 Å². The van der Waals surface area contributed by atoms with E-state index in [4.69, 9.17) is 21.1 Å². The van der Waals surface area contributed by atoms with Crippen molar-refractivity contribution in [3.05, 3.63) is 127 Å². The highest BCUT2D eigenvalue weighted by atomic mass is 35.5. The summed E-state index contributed by atoms with van der Waals surface area (Å²) in [5.41, 5.74) is 4.32. The molecule has 294 valence electrons. The van der Waals surface area contributed by atoms with Crippen LogP contribution in [-0.4, -0.2) is 90.8 Å². The molecule has 0 radical (unpaired) electrons. The molecule has 56 heavy (non-hydrogen) atoms. The topological polar surface area (TPSA) is 242 Å². The van der Waals surface area contributed by atoms with E-state index in [9.17, 15) is 29.8 Å². The summed E-state index contributed by atoms with van der Waals surface area (Å²) in [6, 6.07) is 23.3. The minimum absolute atomic E-state index is 0.0213. The average Bonchev–Trinajstić information content (AvgIpc) is 3.84. The highest BCUT2D eigenvalue weighted by Crippen LogP contribution is 2.30. The number of aryl methyl sites for hydroxylation is 1. The van der Waals surface area contributed by atoms with Crippen LogP contribution in [0.1, 0.15) is 47.2 Å². The molecule has 0 aliphatic rings. The summed E-state index contributed by atoms with van der Waals surface area (Å²) < 4.78 is 12.4. The number of halogens is 1. The fourth-order valence-electron chi connectivity index (χ4n) is 5.72. The minimum Gasteiger partial charge on any atom is -0.462 e. The molecule has 3 aromatic carbocycles. The van der Waals surface area contributed by atoms with Gasteiger partial charge in [-0.1, -0.05) is 104 Å². The number of H-pyrrole nitrogens is 1. The minimum atomic E-state index is -1.40. The molecule has 20 heteroatoms. The lowest BCUT2D eigenvalue weighted by Gasteiger charge is -2.19. The molecule has 2 heterocycles. The number of carbonyl (C=O) groups excluding carboxylic acids is 2. The molecule has 0 saturated carbocycles. The Balaban J connectivity index is 1.31. The number of imidazole rings is 1. The van der Waals surface area contributed by atoms with Crippen LogP contribution in [-0.2, 0) is 43.3 Å². The lowest BCUT2D eigenvalue weighted by atomic mass is 9.98. The van der Waals surface area contributed by atoms with Crippen molar-refractivity contribution in [2.45, 2.75) is 51.3 Å². The van der Waals surface area contributed by atoms with Crippen molar-refractivity contribution in [3.63, 3.8) is 0 Å². The average molecular weight is 792 g/mol. The summed E-state index contributed by atoms with van der Waals surface area (Å²) in [5.74, 6) is -0.356. The van der Waals surface area contributed by atoms with Crippen LogP contribution in [0.25, 0.3) is 22.5 Å². The maximum absolute atomic E-state index is 14.1. The Morgan fingerprint density at radius 3 is 2.34 bits per heavy atom. The molecular weight excluding hydrogens is 754 g/mol. The van der Waals surface area contributed by atoms with Crippen molar-refractivity contribution in [2.75, 3.05) is 26.4 Å². The van der Waals surface area contributed by atoms with Gasteiger partial charge in [-0.25, -0.2) is 9.78 Å². The molecule has 5 aromatic rings. The molecule has 0 bridgehead atoms. The molecular formula is C36H38ClN9O10. The van der Waals surface area contributed by atoms with Gasteiger partial charge in [-0.2, -0.15) is 5.21 Å². The summed E-state index contributed by atoms with van der Waals surface area (Å²) in [7, 11) is 0. The first-order valence-corrected chi connectivity index (χ1v) is 17.8. The molecule has 1 amide bonds. The Labute approximate surface area is 324 Å². The van der Waals surface area contributed by atoms with Crippen molar-refractivity contribution in [3.8, 4) is 22.5 Å². The molecule has 0 aliphatic carbocycles. The largest absolute Gasteiger partial charge is 0.462 e. The number of amides is 1. The van der Waals surface area contributed by atoms with E-state index in [2.05, 4.69) is 40.6 Å². The zero-order valence-electron chi connectivity index (χ0n) is 30.1. The summed E-state index contributed by atoms with van der Waals surface area (Å²) in [4.78, 5) is 61.7. The van der Waals surface area contributed by atoms with Crippen molar-refractivity contribution in [1.29, 1.82) is 0 Å². The van der Waals surface area contributed by atoms with E-state index in [1.165, 1.54) is 0 Å². The maximum Gasteiger partial charge on any atom is 0.329 e. The SMILES string of the molecule is CCCCc1nc(Cl)c(C(=O)NC(Cc2ccccc2)C(=O)OCCOCC(CO[N+](=O)[O-])O[N+](=O)[O-])n1Cc1ccc(-c2ccccc2-c2nn[nH]n2)cc1. The van der Waals surface area contributed by atoms with E-state index in [0.29, 0.717) is 18.1 Å². The first-order chi connectivity index (χ1) is 27.1. The summed E-state index contributed by atoms with van der Waals surface area (Å²) in [6.45, 7) is 0.539. The van der Waals surface area contributed by atoms with Crippen molar-refractivity contribution in [2.24, 2.45) is 0 Å². The smallest absolute Gasteiger partial charge is 0.329 e. The Bertz CT molecular complexity index is 2070. The summed E-state index contributed by atoms with van der Waals surface area (Å²) >= 11 is 6.66. The fraction of sp³-hybridized carbons (Fsp3) is 0.333. The van der Waals surface area contributed by atoms with Crippen LogP contribution in [0, 0.1) is 20.2 Å². The Hall–Kier alpha value is -6.47. The second-order valence-corrected chi connectivity index (χ2v) is 12.6. The zero-order valence-corrected chi connectivity index (χ0v) is 30.9. The van der Waals surface area contributed by atoms with Gasteiger partial charge in [0.05, 0.1) is 13.2 Å². The second kappa shape index (κ2) is 20.3. The number of benzene rings is 3.